The van der Waals surface area contributed by atoms with Crippen molar-refractivity contribution in [1.29, 1.82) is 0 Å². The Hall–Kier alpha value is -1.94. The van der Waals surface area contributed by atoms with E-state index < -0.39 is 9.84 Å². The first kappa shape index (κ1) is 13.5. The minimum Gasteiger partial charge on any atom is -0.289 e. The van der Waals surface area contributed by atoms with E-state index in [0.29, 0.717) is 16.7 Å². The summed E-state index contributed by atoms with van der Waals surface area (Å²) in [4.78, 5) is 12.4. The summed E-state index contributed by atoms with van der Waals surface area (Å²) in [6.07, 6.45) is 1.16. The molecule has 0 unspecified atom stereocenters. The van der Waals surface area contributed by atoms with Gasteiger partial charge in [0.15, 0.2) is 15.6 Å². The number of carbonyl (C=O) groups excluding carboxylic acids is 1. The number of ketones is 1. The molecule has 3 nitrogen and oxygen atoms in total. The number of hydrogen-bond donors (Lipinski definition) is 0. The lowest BCUT2D eigenvalue weighted by atomic mass is 9.99. The average molecular weight is 274 g/mol. The molecule has 0 fully saturated rings. The van der Waals surface area contributed by atoms with E-state index in [1.54, 1.807) is 48.5 Å². The second-order valence-corrected chi connectivity index (χ2v) is 6.56. The molecule has 2 aromatic carbocycles. The fourth-order valence-electron chi connectivity index (χ4n) is 1.90. The standard InChI is InChI=1S/C15H14O3S/c1-19(17,18)11-13-9-5-6-10-14(13)15(16)12-7-3-2-4-8-12/h2-10H,11H2,1H3. The normalized spacial score (nSPS) is 11.2. The Labute approximate surface area is 112 Å². The van der Waals surface area contributed by atoms with E-state index in [0.717, 1.165) is 6.26 Å². The third-order valence-corrected chi connectivity index (χ3v) is 3.55. The van der Waals surface area contributed by atoms with E-state index in [4.69, 9.17) is 0 Å². The van der Waals surface area contributed by atoms with Gasteiger partial charge in [0.2, 0.25) is 0 Å². The van der Waals surface area contributed by atoms with Crippen molar-refractivity contribution < 1.29 is 13.2 Å². The summed E-state index contributed by atoms with van der Waals surface area (Å²) in [6, 6.07) is 15.7. The highest BCUT2D eigenvalue weighted by atomic mass is 32.2. The Kier molecular flexibility index (Phi) is 3.81. The molecular formula is C15H14O3S. The van der Waals surface area contributed by atoms with Gasteiger partial charge in [0.05, 0.1) is 5.75 Å². The molecule has 0 aliphatic carbocycles. The van der Waals surface area contributed by atoms with E-state index >= 15 is 0 Å². The van der Waals surface area contributed by atoms with Crippen molar-refractivity contribution >= 4 is 15.6 Å². The molecule has 0 atom stereocenters. The molecule has 19 heavy (non-hydrogen) atoms. The van der Waals surface area contributed by atoms with Crippen LogP contribution < -0.4 is 0 Å². The zero-order valence-corrected chi connectivity index (χ0v) is 11.4. The predicted molar refractivity (Wildman–Crippen MR) is 74.9 cm³/mol. The zero-order chi connectivity index (χ0) is 13.9. The minimum atomic E-state index is -3.17. The van der Waals surface area contributed by atoms with Gasteiger partial charge in [0, 0.05) is 17.4 Å². The molecule has 0 aliphatic rings. The number of benzene rings is 2. The predicted octanol–water partition coefficient (Wildman–Crippen LogP) is 2.46. The topological polar surface area (TPSA) is 51.2 Å². The minimum absolute atomic E-state index is 0.123. The number of hydrogen-bond acceptors (Lipinski definition) is 3. The molecule has 0 saturated carbocycles. The van der Waals surface area contributed by atoms with Crippen LogP contribution in [0.15, 0.2) is 54.6 Å². The van der Waals surface area contributed by atoms with Crippen LogP contribution in [0.4, 0.5) is 0 Å². The first-order valence-corrected chi connectivity index (χ1v) is 7.89. The summed E-state index contributed by atoms with van der Waals surface area (Å²) in [5, 5.41) is 0. The van der Waals surface area contributed by atoms with Crippen LogP contribution in [0.25, 0.3) is 0 Å². The van der Waals surface area contributed by atoms with Gasteiger partial charge in [0.25, 0.3) is 0 Å². The van der Waals surface area contributed by atoms with Crippen LogP contribution in [-0.2, 0) is 15.6 Å². The van der Waals surface area contributed by atoms with Crippen molar-refractivity contribution in [3.05, 3.63) is 71.3 Å². The first-order chi connectivity index (χ1) is 8.97. The van der Waals surface area contributed by atoms with Crippen molar-refractivity contribution in [3.63, 3.8) is 0 Å². The maximum Gasteiger partial charge on any atom is 0.193 e. The van der Waals surface area contributed by atoms with Crippen LogP contribution in [0, 0.1) is 0 Å². The van der Waals surface area contributed by atoms with E-state index in [-0.39, 0.29) is 11.5 Å². The Bertz CT molecular complexity index is 688. The molecule has 0 amide bonds. The molecule has 0 aromatic heterocycles. The fourth-order valence-corrected chi connectivity index (χ4v) is 2.71. The maximum absolute atomic E-state index is 12.4. The Balaban J connectivity index is 2.43. The van der Waals surface area contributed by atoms with Gasteiger partial charge < -0.3 is 0 Å². The quantitative estimate of drug-likeness (QED) is 0.805. The van der Waals surface area contributed by atoms with E-state index in [1.165, 1.54) is 0 Å². The van der Waals surface area contributed by atoms with Crippen molar-refractivity contribution in [2.45, 2.75) is 5.75 Å². The average Bonchev–Trinajstić information content (AvgIpc) is 2.38. The fraction of sp³-hybridized carbons (Fsp3) is 0.133. The van der Waals surface area contributed by atoms with Crippen molar-refractivity contribution in [3.8, 4) is 0 Å². The molecule has 4 heteroatoms. The van der Waals surface area contributed by atoms with Gasteiger partial charge >= 0.3 is 0 Å². The molecule has 2 rings (SSSR count). The molecule has 0 radical (unpaired) electrons. The lowest BCUT2D eigenvalue weighted by Crippen LogP contribution is -2.09. The van der Waals surface area contributed by atoms with Crippen LogP contribution in [0.3, 0.4) is 0 Å². The first-order valence-electron chi connectivity index (χ1n) is 5.83. The lowest BCUT2D eigenvalue weighted by Gasteiger charge is -2.07. The molecule has 98 valence electrons. The highest BCUT2D eigenvalue weighted by Gasteiger charge is 2.15. The molecule has 2 aromatic rings. The summed E-state index contributed by atoms with van der Waals surface area (Å²) in [5.41, 5.74) is 1.54. The second-order valence-electron chi connectivity index (χ2n) is 4.42. The molecule has 0 aliphatic heterocycles. The summed E-state index contributed by atoms with van der Waals surface area (Å²) in [5.74, 6) is -0.276. The van der Waals surface area contributed by atoms with Gasteiger partial charge in [0.1, 0.15) is 0 Å². The smallest absolute Gasteiger partial charge is 0.193 e. The van der Waals surface area contributed by atoms with Crippen LogP contribution in [0.5, 0.6) is 0 Å². The van der Waals surface area contributed by atoms with Crippen molar-refractivity contribution in [2.24, 2.45) is 0 Å². The van der Waals surface area contributed by atoms with Gasteiger partial charge in [-0.1, -0.05) is 54.6 Å². The summed E-state index contributed by atoms with van der Waals surface area (Å²) in [7, 11) is -3.17. The zero-order valence-electron chi connectivity index (χ0n) is 10.5. The maximum atomic E-state index is 12.4. The van der Waals surface area contributed by atoms with Gasteiger partial charge in [-0.25, -0.2) is 8.42 Å². The molecule has 0 bridgehead atoms. The highest BCUT2D eigenvalue weighted by molar-refractivity contribution is 7.89. The van der Waals surface area contributed by atoms with E-state index in [1.807, 2.05) is 6.07 Å². The number of rotatable bonds is 4. The summed E-state index contributed by atoms with van der Waals surface area (Å²) >= 11 is 0. The third kappa shape index (κ3) is 3.51. The van der Waals surface area contributed by atoms with Crippen LogP contribution >= 0.6 is 0 Å². The van der Waals surface area contributed by atoms with Crippen molar-refractivity contribution in [2.75, 3.05) is 6.26 Å². The molecule has 0 heterocycles. The number of sulfone groups is 1. The van der Waals surface area contributed by atoms with Gasteiger partial charge in [-0.15, -0.1) is 0 Å². The molecular weight excluding hydrogens is 260 g/mol. The van der Waals surface area contributed by atoms with E-state index in [9.17, 15) is 13.2 Å². The summed E-state index contributed by atoms with van der Waals surface area (Å²) in [6.45, 7) is 0. The molecule has 0 N–H and O–H groups in total. The third-order valence-electron chi connectivity index (χ3n) is 2.72. The van der Waals surface area contributed by atoms with Gasteiger partial charge in [-0.05, 0) is 5.56 Å². The molecule has 0 saturated heterocycles. The second kappa shape index (κ2) is 5.36. The lowest BCUT2D eigenvalue weighted by molar-refractivity contribution is 0.103. The van der Waals surface area contributed by atoms with Gasteiger partial charge in [-0.3, -0.25) is 4.79 Å². The Morgan fingerprint density at radius 2 is 1.53 bits per heavy atom. The summed E-state index contributed by atoms with van der Waals surface area (Å²) < 4.78 is 22.8. The number of carbonyl (C=O) groups is 1. The SMILES string of the molecule is CS(=O)(=O)Cc1ccccc1C(=O)c1ccccc1. The van der Waals surface area contributed by atoms with Crippen molar-refractivity contribution in [1.82, 2.24) is 0 Å². The Morgan fingerprint density at radius 3 is 2.16 bits per heavy atom. The van der Waals surface area contributed by atoms with Gasteiger partial charge in [-0.2, -0.15) is 0 Å². The van der Waals surface area contributed by atoms with Crippen LogP contribution in [-0.4, -0.2) is 20.5 Å². The van der Waals surface area contributed by atoms with Crippen LogP contribution in [0.1, 0.15) is 21.5 Å². The highest BCUT2D eigenvalue weighted by Crippen LogP contribution is 2.16. The Morgan fingerprint density at radius 1 is 0.947 bits per heavy atom. The van der Waals surface area contributed by atoms with Crippen LogP contribution in [0.2, 0.25) is 0 Å². The largest absolute Gasteiger partial charge is 0.289 e. The molecule has 0 spiro atoms. The van der Waals surface area contributed by atoms with E-state index in [2.05, 4.69) is 0 Å². The monoisotopic (exact) mass is 274 g/mol.